The predicted molar refractivity (Wildman–Crippen MR) is 81.6 cm³/mol. The van der Waals surface area contributed by atoms with Crippen molar-refractivity contribution < 1.29 is 19.3 Å². The molecule has 4 nitrogen and oxygen atoms in total. The van der Waals surface area contributed by atoms with E-state index in [-0.39, 0.29) is 0 Å². The topological polar surface area (TPSA) is 47.9 Å². The maximum absolute atomic E-state index is 11.9. The highest BCUT2D eigenvalue weighted by atomic mass is 16.5. The standard InChI is InChI=1S/C19H10O4/c20-19-16-10-4-1-5-11(16)22-13-7-3-9-15(18(13)19)23-14-8-2-6-12(21-10)17(14)19/h1-9,20H. The van der Waals surface area contributed by atoms with Crippen molar-refractivity contribution in [3.05, 3.63) is 71.3 Å². The van der Waals surface area contributed by atoms with Gasteiger partial charge in [0.1, 0.15) is 34.5 Å². The molecule has 0 unspecified atom stereocenters. The minimum absolute atomic E-state index is 0.608. The summed E-state index contributed by atoms with van der Waals surface area (Å²) in [6, 6.07) is 16.7. The van der Waals surface area contributed by atoms with Crippen LogP contribution in [0.15, 0.2) is 54.6 Å². The van der Waals surface area contributed by atoms with Crippen LogP contribution in [0.4, 0.5) is 0 Å². The Balaban J connectivity index is 1.86. The van der Waals surface area contributed by atoms with Crippen molar-refractivity contribution >= 4 is 0 Å². The van der Waals surface area contributed by atoms with E-state index >= 15 is 0 Å². The molecule has 0 fully saturated rings. The van der Waals surface area contributed by atoms with Crippen LogP contribution in [0.2, 0.25) is 0 Å². The fourth-order valence-electron chi connectivity index (χ4n) is 3.84. The first-order valence-electron chi connectivity index (χ1n) is 7.43. The normalized spacial score (nSPS) is 16.6. The Morgan fingerprint density at radius 3 is 1.04 bits per heavy atom. The Kier molecular flexibility index (Phi) is 1.76. The van der Waals surface area contributed by atoms with Crippen LogP contribution in [0.25, 0.3) is 0 Å². The highest BCUT2D eigenvalue weighted by Crippen LogP contribution is 2.64. The Morgan fingerprint density at radius 1 is 0.522 bits per heavy atom. The zero-order valence-corrected chi connectivity index (χ0v) is 11.9. The Bertz CT molecular complexity index is 831. The molecule has 0 atom stereocenters. The summed E-state index contributed by atoms with van der Waals surface area (Å²) < 4.78 is 18.0. The number of rotatable bonds is 0. The van der Waals surface area contributed by atoms with E-state index in [1.165, 1.54) is 0 Å². The molecule has 3 aromatic carbocycles. The summed E-state index contributed by atoms with van der Waals surface area (Å²) >= 11 is 0. The third-order valence-electron chi connectivity index (χ3n) is 4.71. The highest BCUT2D eigenvalue weighted by Gasteiger charge is 2.54. The predicted octanol–water partition coefficient (Wildman–Crippen LogP) is 4.29. The maximum atomic E-state index is 11.9. The third-order valence-corrected chi connectivity index (χ3v) is 4.71. The van der Waals surface area contributed by atoms with Crippen molar-refractivity contribution in [1.82, 2.24) is 0 Å². The molecule has 3 aromatic rings. The van der Waals surface area contributed by atoms with Crippen molar-refractivity contribution in [1.29, 1.82) is 0 Å². The zero-order chi connectivity index (χ0) is 15.2. The van der Waals surface area contributed by atoms with Gasteiger partial charge in [0.15, 0.2) is 5.60 Å². The van der Waals surface area contributed by atoms with Crippen LogP contribution in [0.5, 0.6) is 34.5 Å². The highest BCUT2D eigenvalue weighted by molar-refractivity contribution is 5.76. The van der Waals surface area contributed by atoms with Gasteiger partial charge in [-0.2, -0.15) is 0 Å². The van der Waals surface area contributed by atoms with Gasteiger partial charge in [-0.05, 0) is 36.4 Å². The van der Waals surface area contributed by atoms with Crippen molar-refractivity contribution in [2.24, 2.45) is 0 Å². The lowest BCUT2D eigenvalue weighted by molar-refractivity contribution is 0.0873. The molecule has 0 saturated heterocycles. The molecule has 4 heteroatoms. The lowest BCUT2D eigenvalue weighted by Crippen LogP contribution is -2.38. The van der Waals surface area contributed by atoms with E-state index in [4.69, 9.17) is 14.2 Å². The third kappa shape index (κ3) is 1.16. The quantitative estimate of drug-likeness (QED) is 0.526. The summed E-state index contributed by atoms with van der Waals surface area (Å²) in [4.78, 5) is 0. The molecule has 3 heterocycles. The van der Waals surface area contributed by atoms with Gasteiger partial charge >= 0.3 is 0 Å². The minimum atomic E-state index is -1.32. The Morgan fingerprint density at radius 2 is 0.783 bits per heavy atom. The maximum Gasteiger partial charge on any atom is 0.162 e. The van der Waals surface area contributed by atoms with Gasteiger partial charge in [0, 0.05) is 0 Å². The number of aliphatic hydroxyl groups is 1. The molecule has 1 N–H and O–H groups in total. The molecule has 0 spiro atoms. The molecule has 0 saturated carbocycles. The zero-order valence-electron chi connectivity index (χ0n) is 11.9. The van der Waals surface area contributed by atoms with E-state index in [2.05, 4.69) is 0 Å². The molecule has 0 radical (unpaired) electrons. The van der Waals surface area contributed by atoms with Crippen molar-refractivity contribution in [2.75, 3.05) is 0 Å². The first-order chi connectivity index (χ1) is 11.3. The van der Waals surface area contributed by atoms with Gasteiger partial charge in [-0.3, -0.25) is 0 Å². The van der Waals surface area contributed by atoms with Gasteiger partial charge in [-0.25, -0.2) is 0 Å². The summed E-state index contributed by atoms with van der Waals surface area (Å²) in [6.07, 6.45) is 0. The average Bonchev–Trinajstić information content (AvgIpc) is 2.54. The van der Waals surface area contributed by atoms with Gasteiger partial charge in [0.05, 0.1) is 16.7 Å². The van der Waals surface area contributed by atoms with E-state index in [1.54, 1.807) is 0 Å². The minimum Gasteiger partial charge on any atom is -0.456 e. The van der Waals surface area contributed by atoms with E-state index in [9.17, 15) is 5.11 Å². The first-order valence-corrected chi connectivity index (χ1v) is 7.43. The number of ether oxygens (including phenoxy) is 3. The largest absolute Gasteiger partial charge is 0.456 e. The van der Waals surface area contributed by atoms with Crippen LogP contribution in [0, 0.1) is 0 Å². The smallest absolute Gasteiger partial charge is 0.162 e. The summed E-state index contributed by atoms with van der Waals surface area (Å²) in [5.74, 6) is 3.65. The van der Waals surface area contributed by atoms with E-state index in [0.29, 0.717) is 51.2 Å². The van der Waals surface area contributed by atoms with Gasteiger partial charge in [-0.15, -0.1) is 0 Å². The fraction of sp³-hybridized carbons (Fsp3) is 0.0526. The molecule has 110 valence electrons. The molecule has 0 bridgehead atoms. The Hall–Kier alpha value is -2.98. The lowest BCUT2D eigenvalue weighted by atomic mass is 9.74. The summed E-state index contributed by atoms with van der Waals surface area (Å²) in [5.41, 5.74) is 0.605. The van der Waals surface area contributed by atoms with Crippen LogP contribution in [-0.2, 0) is 5.60 Å². The summed E-state index contributed by atoms with van der Waals surface area (Å²) in [5, 5.41) is 11.9. The second kappa shape index (κ2) is 3.50. The monoisotopic (exact) mass is 302 g/mol. The van der Waals surface area contributed by atoms with Gasteiger partial charge in [0.25, 0.3) is 0 Å². The van der Waals surface area contributed by atoms with E-state index < -0.39 is 5.60 Å². The molecule has 6 rings (SSSR count). The first kappa shape index (κ1) is 11.6. The van der Waals surface area contributed by atoms with E-state index in [1.807, 2.05) is 54.6 Å². The van der Waals surface area contributed by atoms with Crippen LogP contribution in [0.3, 0.4) is 0 Å². The molecular formula is C19H10O4. The van der Waals surface area contributed by atoms with Crippen molar-refractivity contribution in [3.63, 3.8) is 0 Å². The average molecular weight is 302 g/mol. The second-order valence-electron chi connectivity index (χ2n) is 5.90. The molecule has 0 aromatic heterocycles. The van der Waals surface area contributed by atoms with Crippen LogP contribution in [-0.4, -0.2) is 5.11 Å². The molecule has 23 heavy (non-hydrogen) atoms. The van der Waals surface area contributed by atoms with E-state index in [0.717, 1.165) is 0 Å². The fourth-order valence-corrected chi connectivity index (χ4v) is 3.84. The summed E-state index contributed by atoms with van der Waals surface area (Å²) in [7, 11) is 0. The SMILES string of the molecule is OC12c3c4cccc3Oc3cccc(c31)Oc1cccc(c12)O4. The van der Waals surface area contributed by atoms with Crippen LogP contribution in [0.1, 0.15) is 16.7 Å². The van der Waals surface area contributed by atoms with Gasteiger partial charge in [0.2, 0.25) is 0 Å². The molecule has 3 aliphatic rings. The summed E-state index contributed by atoms with van der Waals surface area (Å²) in [6.45, 7) is 0. The van der Waals surface area contributed by atoms with Gasteiger partial charge < -0.3 is 19.3 Å². The number of hydrogen-bond donors (Lipinski definition) is 1. The van der Waals surface area contributed by atoms with Crippen LogP contribution < -0.4 is 14.2 Å². The molecule has 0 aliphatic carbocycles. The number of benzene rings is 3. The number of hydrogen-bond acceptors (Lipinski definition) is 4. The Labute approximate surface area is 131 Å². The molecule has 0 amide bonds. The second-order valence-corrected chi connectivity index (χ2v) is 5.90. The van der Waals surface area contributed by atoms with Crippen molar-refractivity contribution in [2.45, 2.75) is 5.60 Å². The van der Waals surface area contributed by atoms with Crippen molar-refractivity contribution in [3.8, 4) is 34.5 Å². The molecule has 3 aliphatic heterocycles. The lowest BCUT2D eigenvalue weighted by Gasteiger charge is -2.44. The van der Waals surface area contributed by atoms with Gasteiger partial charge in [-0.1, -0.05) is 18.2 Å². The van der Waals surface area contributed by atoms with Crippen LogP contribution >= 0.6 is 0 Å². The molecular weight excluding hydrogens is 292 g/mol.